The zero-order valence-electron chi connectivity index (χ0n) is 11.5. The Balaban J connectivity index is 2.30. The number of hydrogen-bond acceptors (Lipinski definition) is 3. The molecule has 0 fully saturated rings. The minimum atomic E-state index is -0.536. The molecule has 1 aliphatic rings. The van der Waals surface area contributed by atoms with Gasteiger partial charge in [0.15, 0.2) is 0 Å². The van der Waals surface area contributed by atoms with Crippen molar-refractivity contribution in [1.29, 1.82) is 5.26 Å². The highest BCUT2D eigenvalue weighted by Crippen LogP contribution is 2.30. The van der Waals surface area contributed by atoms with Crippen LogP contribution in [0.15, 0.2) is 24.3 Å². The summed E-state index contributed by atoms with van der Waals surface area (Å²) in [6.45, 7) is 5.90. The second kappa shape index (κ2) is 4.93. The van der Waals surface area contributed by atoms with E-state index in [1.165, 1.54) is 0 Å². The Morgan fingerprint density at radius 1 is 1.42 bits per heavy atom. The maximum atomic E-state index is 12.2. The lowest BCUT2D eigenvalue weighted by Crippen LogP contribution is -2.42. The molecular weight excluding hydrogens is 240 g/mol. The predicted molar refractivity (Wildman–Crippen MR) is 72.8 cm³/mol. The molecule has 4 nitrogen and oxygen atoms in total. The standard InChI is InChI=1S/C15H18N2O2/c1-15(2,3)19-14(18)17-10-11(9-16)8-12-6-4-5-7-13(12)17/h4-7,11H,8,10H2,1-3H3. The number of benzene rings is 1. The van der Waals surface area contributed by atoms with Crippen LogP contribution < -0.4 is 4.90 Å². The van der Waals surface area contributed by atoms with Crippen LogP contribution in [0.5, 0.6) is 0 Å². The summed E-state index contributed by atoms with van der Waals surface area (Å²) < 4.78 is 5.40. The fourth-order valence-corrected chi connectivity index (χ4v) is 2.17. The molecule has 0 aromatic heterocycles. The van der Waals surface area contributed by atoms with Gasteiger partial charge in [0.2, 0.25) is 0 Å². The van der Waals surface area contributed by atoms with E-state index in [1.54, 1.807) is 4.90 Å². The molecular formula is C15H18N2O2. The van der Waals surface area contributed by atoms with E-state index in [0.717, 1.165) is 11.3 Å². The number of carbonyl (C=O) groups is 1. The van der Waals surface area contributed by atoms with Gasteiger partial charge in [-0.15, -0.1) is 0 Å². The highest BCUT2D eigenvalue weighted by molar-refractivity contribution is 5.89. The molecule has 1 amide bonds. The molecule has 100 valence electrons. The van der Waals surface area contributed by atoms with E-state index in [4.69, 9.17) is 10.00 Å². The van der Waals surface area contributed by atoms with Gasteiger partial charge in [0.25, 0.3) is 0 Å². The SMILES string of the molecule is CC(C)(C)OC(=O)N1CC(C#N)Cc2ccccc21. The normalized spacial score (nSPS) is 18.4. The fourth-order valence-electron chi connectivity index (χ4n) is 2.17. The Kier molecular flexibility index (Phi) is 3.48. The summed E-state index contributed by atoms with van der Waals surface area (Å²) in [7, 11) is 0. The maximum absolute atomic E-state index is 12.2. The third kappa shape index (κ3) is 3.05. The van der Waals surface area contributed by atoms with Crippen molar-refractivity contribution in [2.75, 3.05) is 11.4 Å². The number of ether oxygens (including phenoxy) is 1. The van der Waals surface area contributed by atoms with Crippen LogP contribution in [0, 0.1) is 17.2 Å². The highest BCUT2D eigenvalue weighted by Gasteiger charge is 2.31. The van der Waals surface area contributed by atoms with Crippen molar-refractivity contribution in [3.05, 3.63) is 29.8 Å². The molecule has 2 rings (SSSR count). The molecule has 0 spiro atoms. The van der Waals surface area contributed by atoms with E-state index in [0.29, 0.717) is 13.0 Å². The summed E-state index contributed by atoms with van der Waals surface area (Å²) in [5.74, 6) is -0.178. The molecule has 0 saturated carbocycles. The minimum absolute atomic E-state index is 0.178. The van der Waals surface area contributed by atoms with Crippen LogP contribution in [0.4, 0.5) is 10.5 Å². The van der Waals surface area contributed by atoms with Gasteiger partial charge in [0, 0.05) is 6.54 Å². The molecule has 1 heterocycles. The molecule has 0 saturated heterocycles. The molecule has 1 unspecified atom stereocenters. The van der Waals surface area contributed by atoms with Crippen LogP contribution in [0.3, 0.4) is 0 Å². The zero-order valence-corrected chi connectivity index (χ0v) is 11.5. The summed E-state index contributed by atoms with van der Waals surface area (Å²) in [5, 5.41) is 9.12. The first-order chi connectivity index (χ1) is 8.90. The number of rotatable bonds is 0. The highest BCUT2D eigenvalue weighted by atomic mass is 16.6. The second-order valence-electron chi connectivity index (χ2n) is 5.75. The van der Waals surface area contributed by atoms with Gasteiger partial charge in [0.1, 0.15) is 5.60 Å². The number of nitriles is 1. The molecule has 19 heavy (non-hydrogen) atoms. The van der Waals surface area contributed by atoms with E-state index in [-0.39, 0.29) is 12.0 Å². The summed E-state index contributed by atoms with van der Waals surface area (Å²) in [6, 6.07) is 9.91. The number of carbonyl (C=O) groups excluding carboxylic acids is 1. The quantitative estimate of drug-likeness (QED) is 0.718. The Morgan fingerprint density at radius 2 is 2.11 bits per heavy atom. The van der Waals surface area contributed by atoms with Gasteiger partial charge in [-0.05, 0) is 38.8 Å². The number of para-hydroxylation sites is 1. The van der Waals surface area contributed by atoms with Gasteiger partial charge in [-0.25, -0.2) is 4.79 Å². The zero-order chi connectivity index (χ0) is 14.0. The molecule has 0 N–H and O–H groups in total. The van der Waals surface area contributed by atoms with Crippen molar-refractivity contribution < 1.29 is 9.53 Å². The summed E-state index contributed by atoms with van der Waals surface area (Å²) in [6.07, 6.45) is 0.297. The number of hydrogen-bond donors (Lipinski definition) is 0. The van der Waals surface area contributed by atoms with Gasteiger partial charge < -0.3 is 4.74 Å². The minimum Gasteiger partial charge on any atom is -0.443 e. The molecule has 1 atom stereocenters. The predicted octanol–water partition coefficient (Wildman–Crippen LogP) is 3.12. The number of anilines is 1. The van der Waals surface area contributed by atoms with Crippen molar-refractivity contribution in [2.45, 2.75) is 32.8 Å². The van der Waals surface area contributed by atoms with Crippen molar-refractivity contribution in [3.63, 3.8) is 0 Å². The lowest BCUT2D eigenvalue weighted by molar-refractivity contribution is 0.0574. The first kappa shape index (κ1) is 13.4. The maximum Gasteiger partial charge on any atom is 0.414 e. The molecule has 4 heteroatoms. The van der Waals surface area contributed by atoms with Gasteiger partial charge in [0.05, 0.1) is 17.7 Å². The van der Waals surface area contributed by atoms with Crippen LogP contribution in [0.25, 0.3) is 0 Å². The van der Waals surface area contributed by atoms with E-state index in [1.807, 2.05) is 45.0 Å². The van der Waals surface area contributed by atoms with Crippen molar-refractivity contribution in [3.8, 4) is 6.07 Å². The van der Waals surface area contributed by atoms with Crippen molar-refractivity contribution in [1.82, 2.24) is 0 Å². The van der Waals surface area contributed by atoms with E-state index >= 15 is 0 Å². The molecule has 0 radical (unpaired) electrons. The third-order valence-corrected chi connectivity index (χ3v) is 2.95. The van der Waals surface area contributed by atoms with E-state index in [2.05, 4.69) is 6.07 Å². The average Bonchev–Trinajstić information content (AvgIpc) is 2.35. The lowest BCUT2D eigenvalue weighted by atomic mass is 9.94. The van der Waals surface area contributed by atoms with Crippen molar-refractivity contribution >= 4 is 11.8 Å². The Bertz CT molecular complexity index is 526. The largest absolute Gasteiger partial charge is 0.443 e. The van der Waals surface area contributed by atoms with Crippen LogP contribution >= 0.6 is 0 Å². The summed E-state index contributed by atoms with van der Waals surface area (Å²) >= 11 is 0. The molecule has 1 aromatic rings. The van der Waals surface area contributed by atoms with Gasteiger partial charge >= 0.3 is 6.09 Å². The van der Waals surface area contributed by atoms with Gasteiger partial charge in [-0.2, -0.15) is 5.26 Å². The number of amides is 1. The first-order valence-corrected chi connectivity index (χ1v) is 6.39. The Labute approximate surface area is 113 Å². The van der Waals surface area contributed by atoms with Crippen LogP contribution in [0.1, 0.15) is 26.3 Å². The Morgan fingerprint density at radius 3 is 2.74 bits per heavy atom. The topological polar surface area (TPSA) is 53.3 Å². The summed E-state index contributed by atoms with van der Waals surface area (Å²) in [5.41, 5.74) is 1.33. The Hall–Kier alpha value is -2.02. The van der Waals surface area contributed by atoms with E-state index in [9.17, 15) is 4.79 Å². The van der Waals surface area contributed by atoms with Gasteiger partial charge in [-0.3, -0.25) is 4.90 Å². The van der Waals surface area contributed by atoms with Crippen LogP contribution in [-0.2, 0) is 11.2 Å². The van der Waals surface area contributed by atoms with Crippen LogP contribution in [0.2, 0.25) is 0 Å². The molecule has 1 aliphatic heterocycles. The first-order valence-electron chi connectivity index (χ1n) is 6.39. The summed E-state index contributed by atoms with van der Waals surface area (Å²) in [4.78, 5) is 13.8. The third-order valence-electron chi connectivity index (χ3n) is 2.95. The molecule has 0 bridgehead atoms. The molecule has 1 aromatic carbocycles. The van der Waals surface area contributed by atoms with Crippen molar-refractivity contribution in [2.24, 2.45) is 5.92 Å². The van der Waals surface area contributed by atoms with Gasteiger partial charge in [-0.1, -0.05) is 18.2 Å². The fraction of sp³-hybridized carbons (Fsp3) is 0.467. The second-order valence-corrected chi connectivity index (χ2v) is 5.75. The van der Waals surface area contributed by atoms with Crippen LogP contribution in [-0.4, -0.2) is 18.2 Å². The lowest BCUT2D eigenvalue weighted by Gasteiger charge is -2.33. The smallest absolute Gasteiger partial charge is 0.414 e. The number of fused-ring (bicyclic) bond motifs is 1. The number of nitrogens with zero attached hydrogens (tertiary/aromatic N) is 2. The average molecular weight is 258 g/mol. The monoisotopic (exact) mass is 258 g/mol. The van der Waals surface area contributed by atoms with E-state index < -0.39 is 5.60 Å². The molecule has 0 aliphatic carbocycles.